The van der Waals surface area contributed by atoms with Gasteiger partial charge in [-0.2, -0.15) is 9.59 Å². The van der Waals surface area contributed by atoms with Crippen molar-refractivity contribution in [2.24, 2.45) is 0 Å². The van der Waals surface area contributed by atoms with Gasteiger partial charge in [-0.3, -0.25) is 14.6 Å². The van der Waals surface area contributed by atoms with Crippen LogP contribution in [0.4, 0.5) is 10.5 Å². The monoisotopic (exact) mass is 464 g/mol. The highest BCUT2D eigenvalue weighted by Crippen LogP contribution is 2.36. The molecule has 0 radical (unpaired) electrons. The molecule has 33 heavy (non-hydrogen) atoms. The van der Waals surface area contributed by atoms with Gasteiger partial charge in [-0.05, 0) is 60.5 Å². The molecule has 0 aromatic heterocycles. The number of urea groups is 1. The summed E-state index contributed by atoms with van der Waals surface area (Å²) in [6, 6.07) is 22.6. The van der Waals surface area contributed by atoms with E-state index in [9.17, 15) is 9.59 Å². The third-order valence-corrected chi connectivity index (χ3v) is 5.17. The van der Waals surface area contributed by atoms with E-state index in [0.717, 1.165) is 5.56 Å². The fourth-order valence-electron chi connectivity index (χ4n) is 3.52. The van der Waals surface area contributed by atoms with E-state index in [1.807, 2.05) is 37.3 Å². The van der Waals surface area contributed by atoms with Gasteiger partial charge in [-0.25, -0.2) is 4.79 Å². The van der Waals surface area contributed by atoms with E-state index in [0.29, 0.717) is 35.2 Å². The van der Waals surface area contributed by atoms with Gasteiger partial charge in [0.25, 0.3) is 5.91 Å². The summed E-state index contributed by atoms with van der Waals surface area (Å²) < 4.78 is 5.83. The van der Waals surface area contributed by atoms with Crippen molar-refractivity contribution in [3.05, 3.63) is 89.4 Å². The van der Waals surface area contributed by atoms with Crippen LogP contribution < -0.4 is 9.64 Å². The van der Waals surface area contributed by atoms with Crippen LogP contribution in [0, 0.1) is 0 Å². The molecule has 1 saturated heterocycles. The summed E-state index contributed by atoms with van der Waals surface area (Å²) in [6.45, 7) is 2.35. The van der Waals surface area contributed by atoms with Crippen molar-refractivity contribution in [3.8, 4) is 11.5 Å². The van der Waals surface area contributed by atoms with Crippen molar-refractivity contribution in [2.75, 3.05) is 11.4 Å². The first kappa shape index (κ1) is 23.7. The lowest BCUT2D eigenvalue weighted by molar-refractivity contribution is -0.191. The zero-order valence-electron chi connectivity index (χ0n) is 17.8. The molecule has 0 saturated carbocycles. The normalized spacial score (nSPS) is 15.0. The number of anilines is 1. The predicted molar refractivity (Wildman–Crippen MR) is 122 cm³/mol. The summed E-state index contributed by atoms with van der Waals surface area (Å²) in [5.41, 5.74) is 1.43. The van der Waals surface area contributed by atoms with E-state index >= 15 is 0 Å². The summed E-state index contributed by atoms with van der Waals surface area (Å²) >= 11 is 5.91. The second-order valence-electron chi connectivity index (χ2n) is 7.09. The molecule has 8 heteroatoms. The number of carbonyl (C=O) groups excluding carboxylic acids is 4. The fraction of sp³-hybridized carbons (Fsp3) is 0.160. The first-order valence-electron chi connectivity index (χ1n) is 10.2. The standard InChI is InChI=1S/C24H21ClN2O3.CO2/c1-2-16-26-23(28)22(17-6-4-3-5-7-17)27(24(26)29)19-10-14-21(15-11-19)30-20-12-8-18(25)9-13-20;2-1-3/h3-15,22H,2,16H2,1H3;/t22-;/m0./s1. The van der Waals surface area contributed by atoms with Gasteiger partial charge in [-0.15, -0.1) is 0 Å². The minimum Gasteiger partial charge on any atom is -0.457 e. The second-order valence-corrected chi connectivity index (χ2v) is 7.53. The first-order valence-corrected chi connectivity index (χ1v) is 10.6. The molecule has 3 aromatic carbocycles. The minimum absolute atomic E-state index is 0.199. The molecule has 1 fully saturated rings. The zero-order valence-corrected chi connectivity index (χ0v) is 18.6. The Bertz CT molecular complexity index is 1130. The van der Waals surface area contributed by atoms with Crippen LogP contribution in [0.2, 0.25) is 5.02 Å². The van der Waals surface area contributed by atoms with Crippen LogP contribution in [0.25, 0.3) is 0 Å². The lowest BCUT2D eigenvalue weighted by atomic mass is 10.1. The van der Waals surface area contributed by atoms with Gasteiger partial charge in [0.15, 0.2) is 0 Å². The van der Waals surface area contributed by atoms with Gasteiger partial charge in [0.05, 0.1) is 0 Å². The van der Waals surface area contributed by atoms with E-state index in [4.69, 9.17) is 25.9 Å². The number of hydrogen-bond donors (Lipinski definition) is 0. The molecule has 3 aromatic rings. The maximum absolute atomic E-state index is 13.1. The third kappa shape index (κ3) is 5.47. The Morgan fingerprint density at radius 2 is 1.42 bits per heavy atom. The third-order valence-electron chi connectivity index (χ3n) is 4.92. The number of amides is 3. The Morgan fingerprint density at radius 1 is 0.879 bits per heavy atom. The van der Waals surface area contributed by atoms with Crippen LogP contribution in [0.15, 0.2) is 78.9 Å². The minimum atomic E-state index is -0.673. The number of halogens is 1. The molecule has 4 rings (SSSR count). The lowest BCUT2D eigenvalue weighted by Crippen LogP contribution is -2.33. The van der Waals surface area contributed by atoms with Crippen molar-refractivity contribution >= 4 is 35.4 Å². The van der Waals surface area contributed by atoms with Gasteiger partial charge < -0.3 is 4.74 Å². The Morgan fingerprint density at radius 3 is 1.97 bits per heavy atom. The molecule has 0 aliphatic carbocycles. The first-order chi connectivity index (χ1) is 16.0. The predicted octanol–water partition coefficient (Wildman–Crippen LogP) is 5.47. The van der Waals surface area contributed by atoms with Crippen molar-refractivity contribution in [2.45, 2.75) is 19.4 Å². The summed E-state index contributed by atoms with van der Waals surface area (Å²) in [7, 11) is 0. The molecule has 1 atom stereocenters. The Kier molecular flexibility index (Phi) is 7.97. The Labute approximate surface area is 196 Å². The highest BCUT2D eigenvalue weighted by Gasteiger charge is 2.46. The highest BCUT2D eigenvalue weighted by atomic mass is 35.5. The molecular weight excluding hydrogens is 444 g/mol. The average molecular weight is 465 g/mol. The summed E-state index contributed by atoms with van der Waals surface area (Å²) in [5.74, 6) is 1.09. The quantitative estimate of drug-likeness (QED) is 0.452. The van der Waals surface area contributed by atoms with Gasteiger partial charge >= 0.3 is 12.2 Å². The number of hydrogen-bond acceptors (Lipinski definition) is 5. The second kappa shape index (κ2) is 11.1. The van der Waals surface area contributed by atoms with E-state index < -0.39 is 6.04 Å². The van der Waals surface area contributed by atoms with Crippen molar-refractivity contribution in [3.63, 3.8) is 0 Å². The number of imide groups is 1. The van der Waals surface area contributed by atoms with Gasteiger partial charge in [0.1, 0.15) is 17.5 Å². The summed E-state index contributed by atoms with van der Waals surface area (Å²) in [4.78, 5) is 45.3. The summed E-state index contributed by atoms with van der Waals surface area (Å²) in [5, 5.41) is 0.637. The molecule has 1 aliphatic heterocycles. The lowest BCUT2D eigenvalue weighted by Gasteiger charge is -2.22. The number of carbonyl (C=O) groups is 2. The van der Waals surface area contributed by atoms with Crippen molar-refractivity contribution < 1.29 is 23.9 Å². The number of benzene rings is 3. The fourth-order valence-corrected chi connectivity index (χ4v) is 3.65. The van der Waals surface area contributed by atoms with Gasteiger partial charge in [0.2, 0.25) is 0 Å². The molecule has 0 spiro atoms. The van der Waals surface area contributed by atoms with Crippen LogP contribution in [-0.2, 0) is 14.4 Å². The van der Waals surface area contributed by atoms with E-state index in [1.165, 1.54) is 4.90 Å². The van der Waals surface area contributed by atoms with Crippen molar-refractivity contribution in [1.82, 2.24) is 4.90 Å². The molecule has 168 valence electrons. The topological polar surface area (TPSA) is 84.0 Å². The molecule has 7 nitrogen and oxygen atoms in total. The average Bonchev–Trinajstić information content (AvgIpc) is 3.07. The van der Waals surface area contributed by atoms with Crippen LogP contribution >= 0.6 is 11.6 Å². The van der Waals surface area contributed by atoms with Crippen LogP contribution in [0.5, 0.6) is 11.5 Å². The Hall–Kier alpha value is -3.93. The van der Waals surface area contributed by atoms with Crippen LogP contribution in [0.3, 0.4) is 0 Å². The molecule has 0 unspecified atom stereocenters. The Balaban J connectivity index is 0.000000968. The van der Waals surface area contributed by atoms with Crippen molar-refractivity contribution in [1.29, 1.82) is 0 Å². The van der Waals surface area contributed by atoms with E-state index in [1.54, 1.807) is 53.4 Å². The number of ether oxygens (including phenoxy) is 1. The largest absolute Gasteiger partial charge is 0.457 e. The summed E-state index contributed by atoms with van der Waals surface area (Å²) in [6.07, 6.45) is 0.959. The highest BCUT2D eigenvalue weighted by molar-refractivity contribution is 6.30. The maximum atomic E-state index is 13.1. The van der Waals surface area contributed by atoms with Gasteiger partial charge in [0, 0.05) is 17.3 Å². The maximum Gasteiger partial charge on any atom is 0.373 e. The molecule has 1 aliphatic rings. The molecule has 0 bridgehead atoms. The molecule has 0 N–H and O–H groups in total. The molecular formula is C25H21ClN2O5. The van der Waals surface area contributed by atoms with Crippen LogP contribution in [-0.4, -0.2) is 29.5 Å². The zero-order chi connectivity index (χ0) is 23.8. The number of nitrogens with zero attached hydrogens (tertiary/aromatic N) is 2. The van der Waals surface area contributed by atoms with Crippen LogP contribution in [0.1, 0.15) is 24.9 Å². The van der Waals surface area contributed by atoms with E-state index in [2.05, 4.69) is 0 Å². The number of rotatable bonds is 6. The smallest absolute Gasteiger partial charge is 0.373 e. The molecule has 1 heterocycles. The van der Waals surface area contributed by atoms with Gasteiger partial charge in [-0.1, -0.05) is 48.9 Å². The molecule has 3 amide bonds. The SMILES string of the molecule is CCCN1C(=O)[C@H](c2ccccc2)N(c2ccc(Oc3ccc(Cl)cc3)cc2)C1=O.O=C=O. The van der Waals surface area contributed by atoms with E-state index in [-0.39, 0.29) is 18.1 Å².